The predicted molar refractivity (Wildman–Crippen MR) is 128 cm³/mol. The monoisotopic (exact) mass is 479 g/mol. The first-order chi connectivity index (χ1) is 15.0. The molecule has 0 saturated heterocycles. The Hall–Kier alpha value is -2.58. The number of carbonyl (C=O) groups is 2. The molecule has 0 aliphatic rings. The van der Waals surface area contributed by atoms with Crippen LogP contribution < -0.4 is 9.62 Å². The standard InChI is InChI=1S/C23H30ClN3O4S/c1-5-14-25-23(29)18(3)26(15-19-8-6-17(2)7-9-19)22(28)16-27(32(4,30)31)21-12-10-20(24)11-13-21/h6-13,18H,5,14-16H2,1-4H3,(H,25,29). The van der Waals surface area contributed by atoms with E-state index in [9.17, 15) is 18.0 Å². The average Bonchev–Trinajstić information content (AvgIpc) is 2.74. The molecule has 2 aromatic rings. The lowest BCUT2D eigenvalue weighted by atomic mass is 10.1. The van der Waals surface area contributed by atoms with E-state index < -0.39 is 28.5 Å². The maximum Gasteiger partial charge on any atom is 0.244 e. The number of nitrogens with zero attached hydrogens (tertiary/aromatic N) is 2. The highest BCUT2D eigenvalue weighted by atomic mass is 35.5. The molecule has 0 saturated carbocycles. The van der Waals surface area contributed by atoms with Gasteiger partial charge >= 0.3 is 0 Å². The summed E-state index contributed by atoms with van der Waals surface area (Å²) >= 11 is 5.92. The van der Waals surface area contributed by atoms with Crippen molar-refractivity contribution >= 4 is 39.1 Å². The van der Waals surface area contributed by atoms with Crippen molar-refractivity contribution in [2.45, 2.75) is 39.8 Å². The van der Waals surface area contributed by atoms with E-state index in [-0.39, 0.29) is 12.5 Å². The van der Waals surface area contributed by atoms with Gasteiger partial charge in [0.25, 0.3) is 0 Å². The molecule has 2 amide bonds. The van der Waals surface area contributed by atoms with Crippen molar-refractivity contribution in [1.82, 2.24) is 10.2 Å². The third-order valence-corrected chi connectivity index (χ3v) is 6.38. The van der Waals surface area contributed by atoms with E-state index in [0.717, 1.165) is 28.1 Å². The van der Waals surface area contributed by atoms with Crippen LogP contribution in [0, 0.1) is 6.92 Å². The van der Waals surface area contributed by atoms with E-state index in [1.807, 2.05) is 38.1 Å². The van der Waals surface area contributed by atoms with Crippen LogP contribution >= 0.6 is 11.6 Å². The van der Waals surface area contributed by atoms with E-state index in [0.29, 0.717) is 17.3 Å². The minimum atomic E-state index is -3.76. The first-order valence-corrected chi connectivity index (χ1v) is 12.6. The van der Waals surface area contributed by atoms with Gasteiger partial charge in [-0.2, -0.15) is 0 Å². The van der Waals surface area contributed by atoms with Crippen LogP contribution in [-0.2, 0) is 26.2 Å². The fraction of sp³-hybridized carbons (Fsp3) is 0.391. The summed E-state index contributed by atoms with van der Waals surface area (Å²) in [7, 11) is -3.76. The van der Waals surface area contributed by atoms with Crippen LogP contribution in [0.4, 0.5) is 5.69 Å². The summed E-state index contributed by atoms with van der Waals surface area (Å²) < 4.78 is 25.9. The van der Waals surface area contributed by atoms with Crippen molar-refractivity contribution in [3.8, 4) is 0 Å². The lowest BCUT2D eigenvalue weighted by Crippen LogP contribution is -2.51. The van der Waals surface area contributed by atoms with Crippen LogP contribution in [0.5, 0.6) is 0 Å². The van der Waals surface area contributed by atoms with Gasteiger partial charge < -0.3 is 10.2 Å². The summed E-state index contributed by atoms with van der Waals surface area (Å²) in [6, 6.07) is 13.1. The Morgan fingerprint density at radius 2 is 1.66 bits per heavy atom. The molecular weight excluding hydrogens is 450 g/mol. The van der Waals surface area contributed by atoms with E-state index in [1.54, 1.807) is 31.2 Å². The maximum absolute atomic E-state index is 13.3. The molecule has 1 N–H and O–H groups in total. The fourth-order valence-corrected chi connectivity index (χ4v) is 4.07. The second-order valence-electron chi connectivity index (χ2n) is 7.72. The normalized spacial score (nSPS) is 12.2. The molecule has 0 radical (unpaired) electrons. The summed E-state index contributed by atoms with van der Waals surface area (Å²) in [5, 5.41) is 3.26. The van der Waals surface area contributed by atoms with Crippen LogP contribution in [-0.4, -0.2) is 50.5 Å². The van der Waals surface area contributed by atoms with Gasteiger partial charge in [0.1, 0.15) is 12.6 Å². The molecule has 0 spiro atoms. The molecule has 0 aliphatic heterocycles. The number of nitrogens with one attached hydrogen (secondary N) is 1. The van der Waals surface area contributed by atoms with Gasteiger partial charge in [-0.1, -0.05) is 48.4 Å². The van der Waals surface area contributed by atoms with Crippen LogP contribution in [0.15, 0.2) is 48.5 Å². The molecule has 174 valence electrons. The van der Waals surface area contributed by atoms with Gasteiger partial charge in [-0.15, -0.1) is 0 Å². The Morgan fingerprint density at radius 1 is 1.06 bits per heavy atom. The molecule has 7 nitrogen and oxygen atoms in total. The van der Waals surface area contributed by atoms with Crippen LogP contribution in [0.1, 0.15) is 31.4 Å². The Morgan fingerprint density at radius 3 is 2.19 bits per heavy atom. The molecule has 2 rings (SSSR count). The molecular formula is C23H30ClN3O4S. The number of halogens is 1. The third-order valence-electron chi connectivity index (χ3n) is 4.98. The van der Waals surface area contributed by atoms with Gasteiger partial charge in [0.15, 0.2) is 0 Å². The van der Waals surface area contributed by atoms with Gasteiger partial charge in [0.05, 0.1) is 11.9 Å². The Balaban J connectivity index is 2.34. The number of rotatable bonds is 10. The Kier molecular flexibility index (Phi) is 9.09. The van der Waals surface area contributed by atoms with Gasteiger partial charge in [-0.25, -0.2) is 8.42 Å². The van der Waals surface area contributed by atoms with Gasteiger partial charge in [-0.05, 0) is 50.1 Å². The highest BCUT2D eigenvalue weighted by Crippen LogP contribution is 2.21. The van der Waals surface area contributed by atoms with Crippen molar-refractivity contribution in [3.63, 3.8) is 0 Å². The lowest BCUT2D eigenvalue weighted by Gasteiger charge is -2.31. The number of anilines is 1. The molecule has 0 heterocycles. The Labute approximate surface area is 195 Å². The number of amides is 2. The quantitative estimate of drug-likeness (QED) is 0.566. The molecule has 1 unspecified atom stereocenters. The second kappa shape index (κ2) is 11.3. The molecule has 0 bridgehead atoms. The predicted octanol–water partition coefficient (Wildman–Crippen LogP) is 3.36. The first-order valence-electron chi connectivity index (χ1n) is 10.4. The average molecular weight is 480 g/mol. The number of aryl methyl sites for hydroxylation is 1. The smallest absolute Gasteiger partial charge is 0.244 e. The van der Waals surface area contributed by atoms with Gasteiger partial charge in [-0.3, -0.25) is 13.9 Å². The Bertz CT molecular complexity index is 1020. The van der Waals surface area contributed by atoms with Crippen LogP contribution in [0.3, 0.4) is 0 Å². The SMILES string of the molecule is CCCNC(=O)C(C)N(Cc1ccc(C)cc1)C(=O)CN(c1ccc(Cl)cc1)S(C)(=O)=O. The van der Waals surface area contributed by atoms with Crippen molar-refractivity contribution in [3.05, 3.63) is 64.7 Å². The highest BCUT2D eigenvalue weighted by Gasteiger charge is 2.29. The van der Waals surface area contributed by atoms with Crippen molar-refractivity contribution in [2.75, 3.05) is 23.7 Å². The van der Waals surface area contributed by atoms with Crippen LogP contribution in [0.25, 0.3) is 0 Å². The molecule has 0 aliphatic carbocycles. The zero-order chi connectivity index (χ0) is 23.9. The zero-order valence-corrected chi connectivity index (χ0v) is 20.4. The molecule has 32 heavy (non-hydrogen) atoms. The summed E-state index contributed by atoms with van der Waals surface area (Å²) in [6.07, 6.45) is 1.80. The summed E-state index contributed by atoms with van der Waals surface area (Å²) in [6.45, 7) is 5.79. The summed E-state index contributed by atoms with van der Waals surface area (Å²) in [5.74, 6) is -0.769. The largest absolute Gasteiger partial charge is 0.354 e. The van der Waals surface area contributed by atoms with Gasteiger partial charge in [0.2, 0.25) is 21.8 Å². The number of hydrogen-bond donors (Lipinski definition) is 1. The topological polar surface area (TPSA) is 86.8 Å². The molecule has 1 atom stereocenters. The minimum absolute atomic E-state index is 0.179. The van der Waals surface area contributed by atoms with Crippen molar-refractivity contribution in [2.24, 2.45) is 0 Å². The van der Waals surface area contributed by atoms with Crippen molar-refractivity contribution < 1.29 is 18.0 Å². The molecule has 0 fully saturated rings. The number of carbonyl (C=O) groups excluding carboxylic acids is 2. The fourth-order valence-electron chi connectivity index (χ4n) is 3.09. The van der Waals surface area contributed by atoms with E-state index >= 15 is 0 Å². The summed E-state index contributed by atoms with van der Waals surface area (Å²) in [4.78, 5) is 27.4. The van der Waals surface area contributed by atoms with E-state index in [4.69, 9.17) is 11.6 Å². The first kappa shape index (κ1) is 25.7. The van der Waals surface area contributed by atoms with Crippen LogP contribution in [0.2, 0.25) is 5.02 Å². The molecule has 0 aromatic heterocycles. The zero-order valence-electron chi connectivity index (χ0n) is 18.8. The lowest BCUT2D eigenvalue weighted by molar-refractivity contribution is -0.139. The van der Waals surface area contributed by atoms with Crippen molar-refractivity contribution in [1.29, 1.82) is 0 Å². The minimum Gasteiger partial charge on any atom is -0.354 e. The number of benzene rings is 2. The summed E-state index contributed by atoms with van der Waals surface area (Å²) in [5.41, 5.74) is 2.24. The maximum atomic E-state index is 13.3. The number of hydrogen-bond acceptors (Lipinski definition) is 4. The second-order valence-corrected chi connectivity index (χ2v) is 10.1. The molecule has 2 aromatic carbocycles. The third kappa shape index (κ3) is 7.24. The van der Waals surface area contributed by atoms with E-state index in [1.165, 1.54) is 4.90 Å². The molecule has 9 heteroatoms. The number of sulfonamides is 1. The van der Waals surface area contributed by atoms with Gasteiger partial charge in [0, 0.05) is 18.1 Å². The van der Waals surface area contributed by atoms with E-state index in [2.05, 4.69) is 5.32 Å². The highest BCUT2D eigenvalue weighted by molar-refractivity contribution is 7.92.